The molecule has 2 fully saturated rings. The van der Waals surface area contributed by atoms with Gasteiger partial charge in [0.25, 0.3) is 5.91 Å². The molecule has 1 aromatic carbocycles. The van der Waals surface area contributed by atoms with Crippen molar-refractivity contribution in [2.24, 2.45) is 5.92 Å². The fraction of sp³-hybridized carbons (Fsp3) is 0.619. The number of halogens is 2. The standard InChI is InChI=1S/C21H29FIN3O2/c1-21(7-2-8-21)26-19(27)13-24-18-5-3-14(4-6-18)12-25-20(28)15-9-16(22)11-17(23)10-15/h9-11,14,18,24H,2-8,12-13H2,1H3,(H,25,28)(H,26,27)/t14-,18+. The predicted octanol–water partition coefficient (Wildman–Crippen LogP) is 3.37. The number of carbonyl (C=O) groups is 2. The van der Waals surface area contributed by atoms with Crippen LogP contribution in [0.25, 0.3) is 0 Å². The van der Waals surface area contributed by atoms with E-state index < -0.39 is 0 Å². The lowest BCUT2D eigenvalue weighted by Gasteiger charge is -2.39. The number of carbonyl (C=O) groups excluding carboxylic acids is 2. The molecular weight excluding hydrogens is 472 g/mol. The van der Waals surface area contributed by atoms with E-state index in [1.54, 1.807) is 6.07 Å². The number of amides is 2. The highest BCUT2D eigenvalue weighted by Gasteiger charge is 2.33. The summed E-state index contributed by atoms with van der Waals surface area (Å²) in [7, 11) is 0. The highest BCUT2D eigenvalue weighted by Crippen LogP contribution is 2.30. The molecule has 0 radical (unpaired) electrons. The lowest BCUT2D eigenvalue weighted by Crippen LogP contribution is -2.53. The summed E-state index contributed by atoms with van der Waals surface area (Å²) >= 11 is 2.01. The van der Waals surface area contributed by atoms with Crippen LogP contribution in [0, 0.1) is 15.3 Å². The Labute approximate surface area is 179 Å². The molecule has 2 aliphatic rings. The lowest BCUT2D eigenvalue weighted by molar-refractivity contribution is -0.123. The van der Waals surface area contributed by atoms with Gasteiger partial charge in [0.15, 0.2) is 0 Å². The van der Waals surface area contributed by atoms with E-state index in [9.17, 15) is 14.0 Å². The molecule has 7 heteroatoms. The monoisotopic (exact) mass is 501 g/mol. The summed E-state index contributed by atoms with van der Waals surface area (Å²) in [6, 6.07) is 4.72. The summed E-state index contributed by atoms with van der Waals surface area (Å²) in [4.78, 5) is 24.3. The van der Waals surface area contributed by atoms with E-state index in [-0.39, 0.29) is 23.2 Å². The third kappa shape index (κ3) is 6.14. The van der Waals surface area contributed by atoms with Crippen molar-refractivity contribution in [1.82, 2.24) is 16.0 Å². The third-order valence-electron chi connectivity index (χ3n) is 5.97. The van der Waals surface area contributed by atoms with Crippen molar-refractivity contribution in [2.75, 3.05) is 13.1 Å². The Bertz CT molecular complexity index is 695. The molecule has 0 aliphatic heterocycles. The molecule has 28 heavy (non-hydrogen) atoms. The van der Waals surface area contributed by atoms with Crippen molar-refractivity contribution in [3.05, 3.63) is 33.1 Å². The summed E-state index contributed by atoms with van der Waals surface area (Å²) in [5.41, 5.74) is 0.375. The minimum Gasteiger partial charge on any atom is -0.352 e. The second-order valence-corrected chi connectivity index (χ2v) is 9.67. The average Bonchev–Trinajstić information content (AvgIpc) is 2.63. The molecule has 0 aromatic heterocycles. The number of nitrogens with one attached hydrogen (secondary N) is 3. The largest absolute Gasteiger partial charge is 0.352 e. The van der Waals surface area contributed by atoms with Crippen LogP contribution in [0.5, 0.6) is 0 Å². The Morgan fingerprint density at radius 1 is 1.18 bits per heavy atom. The third-order valence-corrected chi connectivity index (χ3v) is 6.60. The van der Waals surface area contributed by atoms with Crippen LogP contribution in [0.15, 0.2) is 18.2 Å². The lowest BCUT2D eigenvalue weighted by atomic mass is 9.78. The Balaban J connectivity index is 1.33. The molecule has 0 spiro atoms. The van der Waals surface area contributed by atoms with Gasteiger partial charge in [0, 0.05) is 27.3 Å². The summed E-state index contributed by atoms with van der Waals surface area (Å²) in [5.74, 6) is -0.101. The van der Waals surface area contributed by atoms with Gasteiger partial charge in [-0.2, -0.15) is 0 Å². The van der Waals surface area contributed by atoms with Gasteiger partial charge in [-0.05, 0) is 98.6 Å². The fourth-order valence-corrected chi connectivity index (χ4v) is 4.68. The maximum Gasteiger partial charge on any atom is 0.251 e. The van der Waals surface area contributed by atoms with Crippen LogP contribution in [-0.2, 0) is 4.79 Å². The Hall–Kier alpha value is -1.22. The molecule has 0 unspecified atom stereocenters. The molecule has 3 N–H and O–H groups in total. The number of benzene rings is 1. The molecule has 2 saturated carbocycles. The van der Waals surface area contributed by atoms with Gasteiger partial charge in [0.2, 0.25) is 5.91 Å². The maximum absolute atomic E-state index is 13.4. The summed E-state index contributed by atoms with van der Waals surface area (Å²) in [5, 5.41) is 9.43. The topological polar surface area (TPSA) is 70.2 Å². The van der Waals surface area contributed by atoms with Gasteiger partial charge < -0.3 is 16.0 Å². The van der Waals surface area contributed by atoms with Crippen LogP contribution in [0.3, 0.4) is 0 Å². The number of hydrogen-bond donors (Lipinski definition) is 3. The first-order valence-electron chi connectivity index (χ1n) is 10.1. The van der Waals surface area contributed by atoms with Crippen LogP contribution in [0.4, 0.5) is 4.39 Å². The number of rotatable bonds is 7. The zero-order valence-corrected chi connectivity index (χ0v) is 18.5. The molecular formula is C21H29FIN3O2. The Morgan fingerprint density at radius 3 is 2.50 bits per heavy atom. The van der Waals surface area contributed by atoms with Crippen LogP contribution in [-0.4, -0.2) is 36.5 Å². The van der Waals surface area contributed by atoms with Crippen LogP contribution < -0.4 is 16.0 Å². The van der Waals surface area contributed by atoms with Crippen LogP contribution in [0.1, 0.15) is 62.2 Å². The van der Waals surface area contributed by atoms with Crippen molar-refractivity contribution in [1.29, 1.82) is 0 Å². The Morgan fingerprint density at radius 2 is 1.89 bits per heavy atom. The summed E-state index contributed by atoms with van der Waals surface area (Å²) in [6.07, 6.45) is 7.37. The zero-order valence-electron chi connectivity index (χ0n) is 16.3. The minimum atomic E-state index is -0.390. The first-order chi connectivity index (χ1) is 13.3. The van der Waals surface area contributed by atoms with Gasteiger partial charge in [-0.15, -0.1) is 0 Å². The maximum atomic E-state index is 13.4. The number of hydrogen-bond acceptors (Lipinski definition) is 3. The average molecular weight is 501 g/mol. The SMILES string of the molecule is CC1(NC(=O)CN[C@H]2CC[C@@H](CNC(=O)c3cc(F)cc(I)c3)CC2)CCC1. The van der Waals surface area contributed by atoms with E-state index in [1.165, 1.54) is 18.6 Å². The fourth-order valence-electron chi connectivity index (χ4n) is 4.04. The minimum absolute atomic E-state index is 0.00830. The normalized spacial score (nSPS) is 23.5. The van der Waals surface area contributed by atoms with Gasteiger partial charge in [-0.25, -0.2) is 4.39 Å². The van der Waals surface area contributed by atoms with E-state index in [2.05, 4.69) is 22.9 Å². The van der Waals surface area contributed by atoms with Gasteiger partial charge in [-0.1, -0.05) is 0 Å². The molecule has 154 valence electrons. The molecule has 3 rings (SSSR count). The van der Waals surface area contributed by atoms with E-state index in [0.29, 0.717) is 34.2 Å². The Kier molecular flexibility index (Phi) is 7.31. The van der Waals surface area contributed by atoms with Crippen molar-refractivity contribution in [3.8, 4) is 0 Å². The first-order valence-corrected chi connectivity index (χ1v) is 11.2. The zero-order chi connectivity index (χ0) is 20.1. The molecule has 5 nitrogen and oxygen atoms in total. The van der Waals surface area contributed by atoms with Gasteiger partial charge in [-0.3, -0.25) is 9.59 Å². The molecule has 2 amide bonds. The van der Waals surface area contributed by atoms with E-state index in [4.69, 9.17) is 0 Å². The summed E-state index contributed by atoms with van der Waals surface area (Å²) in [6.45, 7) is 3.09. The molecule has 0 saturated heterocycles. The molecule has 1 aromatic rings. The van der Waals surface area contributed by atoms with Gasteiger partial charge >= 0.3 is 0 Å². The molecule has 0 bridgehead atoms. The highest BCUT2D eigenvalue weighted by molar-refractivity contribution is 14.1. The van der Waals surface area contributed by atoms with E-state index in [1.807, 2.05) is 22.6 Å². The quantitative estimate of drug-likeness (QED) is 0.502. The van der Waals surface area contributed by atoms with Crippen molar-refractivity contribution in [3.63, 3.8) is 0 Å². The van der Waals surface area contributed by atoms with E-state index >= 15 is 0 Å². The van der Waals surface area contributed by atoms with Gasteiger partial charge in [0.05, 0.1) is 6.54 Å². The highest BCUT2D eigenvalue weighted by atomic mass is 127. The van der Waals surface area contributed by atoms with Crippen molar-refractivity contribution >= 4 is 34.4 Å². The molecule has 0 atom stereocenters. The molecule has 2 aliphatic carbocycles. The van der Waals surface area contributed by atoms with E-state index in [0.717, 1.165) is 38.5 Å². The van der Waals surface area contributed by atoms with Crippen molar-refractivity contribution in [2.45, 2.75) is 63.5 Å². The first kappa shape index (κ1) is 21.5. The molecule has 0 heterocycles. The van der Waals surface area contributed by atoms with Gasteiger partial charge in [0.1, 0.15) is 5.82 Å². The summed E-state index contributed by atoms with van der Waals surface area (Å²) < 4.78 is 14.2. The van der Waals surface area contributed by atoms with Crippen molar-refractivity contribution < 1.29 is 14.0 Å². The smallest absolute Gasteiger partial charge is 0.251 e. The predicted molar refractivity (Wildman–Crippen MR) is 116 cm³/mol. The van der Waals surface area contributed by atoms with Crippen LogP contribution >= 0.6 is 22.6 Å². The second-order valence-electron chi connectivity index (χ2n) is 8.43. The second kappa shape index (κ2) is 9.52. The van der Waals surface area contributed by atoms with Crippen LogP contribution in [0.2, 0.25) is 0 Å².